The van der Waals surface area contributed by atoms with E-state index in [0.717, 1.165) is 24.3 Å². The molecule has 0 radical (unpaired) electrons. The van der Waals surface area contributed by atoms with Crippen molar-refractivity contribution in [3.8, 4) is 5.75 Å². The lowest BCUT2D eigenvalue weighted by Crippen LogP contribution is -2.33. The Kier molecular flexibility index (Phi) is 4.92. The summed E-state index contributed by atoms with van der Waals surface area (Å²) in [4.78, 5) is 11.5. The van der Waals surface area contributed by atoms with Gasteiger partial charge >= 0.3 is 12.5 Å². The Bertz CT molecular complexity index is 474. The van der Waals surface area contributed by atoms with Gasteiger partial charge in [0.05, 0.1) is 0 Å². The molecule has 0 amide bonds. The molecule has 1 rings (SSSR count). The van der Waals surface area contributed by atoms with E-state index in [1.165, 1.54) is 0 Å². The van der Waals surface area contributed by atoms with Crippen molar-refractivity contribution in [3.63, 3.8) is 0 Å². The van der Waals surface area contributed by atoms with Crippen LogP contribution in [-0.2, 0) is 0 Å². The number of rotatable bonds is 4. The minimum atomic E-state index is -4.68. The first kappa shape index (κ1) is 16.3. The molecule has 19 heavy (non-hydrogen) atoms. The first-order valence-corrected chi connectivity index (χ1v) is 5.74. The Morgan fingerprint density at radius 3 is 2.26 bits per heavy atom. The molecule has 1 aromatic rings. The molecule has 106 valence electrons. The summed E-state index contributed by atoms with van der Waals surface area (Å²) in [6, 6.07) is 4.03. The van der Waals surface area contributed by atoms with Crippen LogP contribution in [0.25, 0.3) is 0 Å². The van der Waals surface area contributed by atoms with E-state index in [2.05, 4.69) is 4.74 Å². The lowest BCUT2D eigenvalue weighted by atomic mass is 10.1. The van der Waals surface area contributed by atoms with E-state index in [0.29, 0.717) is 0 Å². The van der Waals surface area contributed by atoms with Gasteiger partial charge in [-0.2, -0.15) is 17.6 Å². The van der Waals surface area contributed by atoms with Gasteiger partial charge in [-0.05, 0) is 12.1 Å². The molecule has 0 heterocycles. The third kappa shape index (κ3) is 4.40. The van der Waals surface area contributed by atoms with Gasteiger partial charge in [-0.3, -0.25) is 4.79 Å². The molecule has 0 aliphatic carbocycles. The van der Waals surface area contributed by atoms with Crippen LogP contribution in [0.3, 0.4) is 0 Å². The molecule has 0 spiro atoms. The van der Waals surface area contributed by atoms with Gasteiger partial charge in [-0.15, -0.1) is 0 Å². The van der Waals surface area contributed by atoms with Gasteiger partial charge in [-0.25, -0.2) is 0 Å². The highest BCUT2D eigenvalue weighted by Crippen LogP contribution is 2.33. The molecule has 0 N–H and O–H groups in total. The zero-order chi connectivity index (χ0) is 14.8. The van der Waals surface area contributed by atoms with Gasteiger partial charge in [0, 0.05) is 5.56 Å². The van der Waals surface area contributed by atoms with Crippen LogP contribution in [0.5, 0.6) is 5.75 Å². The van der Waals surface area contributed by atoms with Crippen molar-refractivity contribution in [1.82, 2.24) is 0 Å². The second-order valence-electron chi connectivity index (χ2n) is 3.32. The zero-order valence-corrected chi connectivity index (χ0v) is 11.1. The first-order chi connectivity index (χ1) is 8.54. The van der Waals surface area contributed by atoms with Gasteiger partial charge in [0.2, 0.25) is 5.78 Å². The Morgan fingerprint density at radius 2 is 1.79 bits per heavy atom. The number of hydrogen-bond donors (Lipinski definition) is 0. The van der Waals surface area contributed by atoms with Gasteiger partial charge in [0.15, 0.2) is 0 Å². The van der Waals surface area contributed by atoms with Crippen LogP contribution in [0.2, 0.25) is 0 Å². The monoisotopic (exact) mass is 338 g/mol. The lowest BCUT2D eigenvalue weighted by molar-refractivity contribution is -0.253. The number of alkyl halides is 7. The topological polar surface area (TPSA) is 26.3 Å². The van der Waals surface area contributed by atoms with Crippen LogP contribution < -0.4 is 4.74 Å². The van der Waals surface area contributed by atoms with Gasteiger partial charge < -0.3 is 4.74 Å². The summed E-state index contributed by atoms with van der Waals surface area (Å²) < 4.78 is 50.7. The fourth-order valence-electron chi connectivity index (χ4n) is 1.07. The summed E-state index contributed by atoms with van der Waals surface area (Å²) in [6.07, 6.45) is -8.69. The number of halogens is 7. The number of benzene rings is 1. The van der Waals surface area contributed by atoms with E-state index in [1.54, 1.807) is 0 Å². The maximum absolute atomic E-state index is 12.7. The minimum absolute atomic E-state index is 0.262. The van der Waals surface area contributed by atoms with E-state index in [9.17, 15) is 22.4 Å². The van der Waals surface area contributed by atoms with E-state index in [-0.39, 0.29) is 5.56 Å². The van der Waals surface area contributed by atoms with Crippen molar-refractivity contribution in [2.75, 3.05) is 0 Å². The third-order valence-corrected chi connectivity index (χ3v) is 2.38. The van der Waals surface area contributed by atoms with Gasteiger partial charge in [0.1, 0.15) is 5.75 Å². The summed E-state index contributed by atoms with van der Waals surface area (Å²) >= 11 is 16.0. The second-order valence-corrected chi connectivity index (χ2v) is 5.60. The molecule has 0 saturated heterocycles. The first-order valence-electron chi connectivity index (χ1n) is 4.60. The Labute approximate surface area is 120 Å². The van der Waals surface area contributed by atoms with Crippen LogP contribution in [0.4, 0.5) is 17.6 Å². The average Bonchev–Trinajstić information content (AvgIpc) is 2.26. The van der Waals surface area contributed by atoms with Crippen molar-refractivity contribution in [1.29, 1.82) is 0 Å². The van der Waals surface area contributed by atoms with Crippen LogP contribution in [-0.4, -0.2) is 22.1 Å². The van der Waals surface area contributed by atoms with E-state index in [4.69, 9.17) is 34.8 Å². The molecule has 0 aliphatic heterocycles. The Morgan fingerprint density at radius 1 is 1.21 bits per heavy atom. The molecule has 0 aliphatic rings. The van der Waals surface area contributed by atoms with Crippen molar-refractivity contribution >= 4 is 40.6 Å². The molecule has 0 saturated carbocycles. The second kappa shape index (κ2) is 5.73. The number of carbonyl (C=O) groups is 1. The smallest absolute Gasteiger partial charge is 0.428 e. The molecule has 1 aromatic carbocycles. The van der Waals surface area contributed by atoms with Crippen LogP contribution in [0, 0.1) is 0 Å². The number of Topliss-reactive ketones (excluding diaryl/α,β-unsaturated/α-hetero) is 1. The quantitative estimate of drug-likeness (QED) is 0.459. The largest absolute Gasteiger partial charge is 0.461 e. The summed E-state index contributed by atoms with van der Waals surface area (Å²) in [5.41, 5.74) is -0.262. The van der Waals surface area contributed by atoms with Crippen LogP contribution in [0.15, 0.2) is 24.3 Å². The van der Waals surface area contributed by atoms with E-state index >= 15 is 0 Å². The minimum Gasteiger partial charge on any atom is -0.428 e. The average molecular weight is 339 g/mol. The Hall–Kier alpha value is -0.720. The number of carbonyl (C=O) groups excluding carboxylic acids is 1. The lowest BCUT2D eigenvalue weighted by Gasteiger charge is -2.17. The summed E-state index contributed by atoms with van der Waals surface area (Å²) in [5.74, 6) is -1.64. The van der Waals surface area contributed by atoms with Crippen LogP contribution >= 0.6 is 34.8 Å². The Balaban J connectivity index is 2.99. The predicted octanol–water partition coefficient (Wildman–Crippen LogP) is 4.48. The predicted molar refractivity (Wildman–Crippen MR) is 62.6 cm³/mol. The molecular weight excluding hydrogens is 334 g/mol. The van der Waals surface area contributed by atoms with E-state index in [1.807, 2.05) is 0 Å². The number of ether oxygens (including phenoxy) is 1. The molecule has 0 aromatic heterocycles. The maximum Gasteiger partial charge on any atom is 0.461 e. The van der Waals surface area contributed by atoms with Crippen molar-refractivity contribution in [3.05, 3.63) is 29.8 Å². The van der Waals surface area contributed by atoms with Crippen LogP contribution in [0.1, 0.15) is 10.4 Å². The van der Waals surface area contributed by atoms with Crippen molar-refractivity contribution in [2.24, 2.45) is 0 Å². The van der Waals surface area contributed by atoms with Gasteiger partial charge in [0.25, 0.3) is 3.79 Å². The molecule has 0 atom stereocenters. The number of hydrogen-bond acceptors (Lipinski definition) is 2. The fraction of sp³-hybridized carbons (Fsp3) is 0.300. The highest BCUT2D eigenvalue weighted by atomic mass is 35.6. The molecular formula is C10H5Cl3F4O2. The third-order valence-electron chi connectivity index (χ3n) is 1.86. The maximum atomic E-state index is 12.7. The molecule has 9 heteroatoms. The fourth-order valence-corrected chi connectivity index (χ4v) is 1.39. The zero-order valence-electron chi connectivity index (χ0n) is 8.85. The molecule has 0 unspecified atom stereocenters. The van der Waals surface area contributed by atoms with E-state index < -0.39 is 27.9 Å². The highest BCUT2D eigenvalue weighted by Gasteiger charge is 2.44. The molecule has 0 bridgehead atoms. The molecule has 0 fully saturated rings. The standard InChI is InChI=1S/C10H5Cl3F4O2/c11-9(12,13)7(18)5-2-1-3-6(4-5)19-10(16,17)8(14)15/h1-4,8H. The van der Waals surface area contributed by atoms with Gasteiger partial charge in [-0.1, -0.05) is 46.9 Å². The highest BCUT2D eigenvalue weighted by molar-refractivity contribution is 6.77. The summed E-state index contributed by atoms with van der Waals surface area (Å²) in [6.45, 7) is 0. The molecule has 2 nitrogen and oxygen atoms in total. The normalized spacial score (nSPS) is 12.6. The van der Waals surface area contributed by atoms with Crippen molar-refractivity contribution in [2.45, 2.75) is 16.3 Å². The van der Waals surface area contributed by atoms with Crippen molar-refractivity contribution < 1.29 is 27.1 Å². The summed E-state index contributed by atoms with van der Waals surface area (Å²) in [5, 5.41) is 0. The SMILES string of the molecule is O=C(c1cccc(OC(F)(F)C(F)F)c1)C(Cl)(Cl)Cl. The number of ketones is 1. The summed E-state index contributed by atoms with van der Waals surface area (Å²) in [7, 11) is 0.